The van der Waals surface area contributed by atoms with Gasteiger partial charge in [-0.1, -0.05) is 42.1 Å². The minimum absolute atomic E-state index is 0.187. The van der Waals surface area contributed by atoms with E-state index in [1.807, 2.05) is 56.3 Å². The molecule has 0 unspecified atom stereocenters. The van der Waals surface area contributed by atoms with Gasteiger partial charge in [-0.2, -0.15) is 5.10 Å². The number of carbonyl (C=O) groups excluding carboxylic acids is 1. The van der Waals surface area contributed by atoms with Crippen molar-refractivity contribution in [2.45, 2.75) is 19.0 Å². The van der Waals surface area contributed by atoms with Gasteiger partial charge in [-0.15, -0.1) is 0 Å². The highest BCUT2D eigenvalue weighted by molar-refractivity contribution is 7.99. The molecule has 3 aromatic rings. The summed E-state index contributed by atoms with van der Waals surface area (Å²) in [4.78, 5) is 20.7. The van der Waals surface area contributed by atoms with Crippen molar-refractivity contribution in [1.82, 2.24) is 15.4 Å². The summed E-state index contributed by atoms with van der Waals surface area (Å²) >= 11 is 1.28. The van der Waals surface area contributed by atoms with Crippen molar-refractivity contribution in [1.29, 1.82) is 0 Å². The van der Waals surface area contributed by atoms with Gasteiger partial charge in [-0.3, -0.25) is 4.79 Å². The number of thioether (sulfide) groups is 1. The molecule has 2 aromatic carbocycles. The van der Waals surface area contributed by atoms with Crippen molar-refractivity contribution < 1.29 is 9.53 Å². The molecule has 7 heteroatoms. The van der Waals surface area contributed by atoms with Crippen LogP contribution in [0.1, 0.15) is 17.0 Å². The number of aromatic nitrogens is 2. The maximum atomic E-state index is 12.1. The Balaban J connectivity index is 1.66. The van der Waals surface area contributed by atoms with Gasteiger partial charge in [0, 0.05) is 17.0 Å². The molecule has 138 valence electrons. The summed E-state index contributed by atoms with van der Waals surface area (Å²) in [7, 11) is 1.61. The molecular formula is C20H20N4O2S. The molecule has 0 aliphatic rings. The van der Waals surface area contributed by atoms with Gasteiger partial charge >= 0.3 is 0 Å². The van der Waals surface area contributed by atoms with E-state index in [0.29, 0.717) is 10.9 Å². The number of methoxy groups -OCH3 is 1. The molecule has 3 rings (SSSR count). The molecule has 1 amide bonds. The number of nitrogens with one attached hydrogen (secondary N) is 1. The first-order valence-corrected chi connectivity index (χ1v) is 9.38. The summed E-state index contributed by atoms with van der Waals surface area (Å²) in [6, 6.07) is 13.7. The van der Waals surface area contributed by atoms with Gasteiger partial charge in [0.2, 0.25) is 0 Å². The summed E-state index contributed by atoms with van der Waals surface area (Å²) in [6.07, 6.45) is 1.61. The molecule has 1 N–H and O–H groups in total. The fourth-order valence-electron chi connectivity index (χ4n) is 2.68. The highest BCUT2D eigenvalue weighted by Crippen LogP contribution is 2.26. The lowest BCUT2D eigenvalue weighted by molar-refractivity contribution is -0.118. The highest BCUT2D eigenvalue weighted by atomic mass is 32.2. The van der Waals surface area contributed by atoms with Gasteiger partial charge in [-0.05, 0) is 36.8 Å². The quantitative estimate of drug-likeness (QED) is 0.307. The Morgan fingerprint density at radius 2 is 1.93 bits per heavy atom. The second-order valence-corrected chi connectivity index (χ2v) is 6.86. The Hall–Kier alpha value is -2.93. The van der Waals surface area contributed by atoms with Gasteiger partial charge in [0.05, 0.1) is 19.1 Å². The summed E-state index contributed by atoms with van der Waals surface area (Å²) in [5.41, 5.74) is 5.13. The molecule has 0 bridgehead atoms. The van der Waals surface area contributed by atoms with Crippen molar-refractivity contribution in [3.63, 3.8) is 0 Å². The number of hydrazone groups is 1. The van der Waals surface area contributed by atoms with E-state index in [1.165, 1.54) is 11.8 Å². The standard InChI is InChI=1S/C20H20N4O2S/c1-13-10-14(2)23-20(22-13)27-12-19(25)24-21-11-17-16-7-5-4-6-15(16)8-9-18(17)26-3/h4-11H,12H2,1-3H3,(H,24,25)/b21-11+. The van der Waals surface area contributed by atoms with E-state index in [4.69, 9.17) is 4.74 Å². The lowest BCUT2D eigenvalue weighted by atomic mass is 10.0. The third-order valence-electron chi connectivity index (χ3n) is 3.83. The van der Waals surface area contributed by atoms with Crippen LogP contribution in [0.4, 0.5) is 0 Å². The number of carbonyl (C=O) groups is 1. The summed E-state index contributed by atoms with van der Waals surface area (Å²) in [5, 5.41) is 6.76. The molecular weight excluding hydrogens is 360 g/mol. The van der Waals surface area contributed by atoms with Crippen LogP contribution < -0.4 is 10.2 Å². The van der Waals surface area contributed by atoms with Gasteiger partial charge < -0.3 is 4.74 Å². The Morgan fingerprint density at radius 1 is 1.19 bits per heavy atom. The van der Waals surface area contributed by atoms with Crippen LogP contribution in [-0.2, 0) is 4.79 Å². The van der Waals surface area contributed by atoms with E-state index < -0.39 is 0 Å². The Kier molecular flexibility index (Phi) is 6.03. The molecule has 1 heterocycles. The van der Waals surface area contributed by atoms with Crippen molar-refractivity contribution >= 4 is 34.7 Å². The van der Waals surface area contributed by atoms with Crippen LogP contribution in [0.15, 0.2) is 52.7 Å². The van der Waals surface area contributed by atoms with Crippen LogP contribution in [-0.4, -0.2) is 35.0 Å². The molecule has 1 aromatic heterocycles. The maximum Gasteiger partial charge on any atom is 0.250 e. The molecule has 27 heavy (non-hydrogen) atoms. The van der Waals surface area contributed by atoms with Crippen LogP contribution in [0.25, 0.3) is 10.8 Å². The minimum Gasteiger partial charge on any atom is -0.496 e. The number of hydrogen-bond acceptors (Lipinski definition) is 6. The van der Waals surface area contributed by atoms with Crippen LogP contribution in [0, 0.1) is 13.8 Å². The molecule has 0 spiro atoms. The van der Waals surface area contributed by atoms with E-state index in [1.54, 1.807) is 13.3 Å². The van der Waals surface area contributed by atoms with Crippen LogP contribution in [0.3, 0.4) is 0 Å². The number of rotatable bonds is 6. The first kappa shape index (κ1) is 18.8. The number of benzene rings is 2. The number of nitrogens with zero attached hydrogens (tertiary/aromatic N) is 3. The Bertz CT molecular complexity index is 984. The first-order valence-electron chi connectivity index (χ1n) is 8.39. The van der Waals surface area contributed by atoms with Crippen molar-refractivity contribution in [3.05, 3.63) is 59.4 Å². The zero-order valence-electron chi connectivity index (χ0n) is 15.4. The normalized spacial score (nSPS) is 11.1. The SMILES string of the molecule is COc1ccc2ccccc2c1/C=N/NC(=O)CSc1nc(C)cc(C)n1. The second kappa shape index (κ2) is 8.64. The largest absolute Gasteiger partial charge is 0.496 e. The van der Waals surface area contributed by atoms with Gasteiger partial charge in [0.25, 0.3) is 5.91 Å². The number of fused-ring (bicyclic) bond motifs is 1. The maximum absolute atomic E-state index is 12.1. The average Bonchev–Trinajstić information content (AvgIpc) is 2.65. The number of amides is 1. The Labute approximate surface area is 162 Å². The number of aryl methyl sites for hydroxylation is 2. The van der Waals surface area contributed by atoms with Crippen molar-refractivity contribution in [2.75, 3.05) is 12.9 Å². The fraction of sp³-hybridized carbons (Fsp3) is 0.200. The molecule has 0 saturated heterocycles. The second-order valence-electron chi connectivity index (χ2n) is 5.92. The molecule has 0 atom stereocenters. The zero-order valence-corrected chi connectivity index (χ0v) is 16.2. The zero-order chi connectivity index (χ0) is 19.2. The van der Waals surface area contributed by atoms with Crippen molar-refractivity contribution in [3.8, 4) is 5.75 Å². The molecule has 0 aliphatic carbocycles. The summed E-state index contributed by atoms with van der Waals surface area (Å²) in [6.45, 7) is 3.81. The molecule has 0 radical (unpaired) electrons. The third kappa shape index (κ3) is 4.83. The molecule has 0 saturated carbocycles. The van der Waals surface area contributed by atoms with Crippen LogP contribution >= 0.6 is 11.8 Å². The predicted molar refractivity (Wildman–Crippen MR) is 108 cm³/mol. The third-order valence-corrected chi connectivity index (χ3v) is 4.67. The smallest absolute Gasteiger partial charge is 0.250 e. The van der Waals surface area contributed by atoms with E-state index in [0.717, 1.165) is 27.7 Å². The van der Waals surface area contributed by atoms with Gasteiger partial charge in [0.1, 0.15) is 5.75 Å². The minimum atomic E-state index is -0.224. The summed E-state index contributed by atoms with van der Waals surface area (Å²) in [5.74, 6) is 0.662. The number of hydrogen-bond donors (Lipinski definition) is 1. The Morgan fingerprint density at radius 3 is 2.67 bits per heavy atom. The lowest BCUT2D eigenvalue weighted by Gasteiger charge is -2.08. The topological polar surface area (TPSA) is 76.5 Å². The first-order chi connectivity index (χ1) is 13.1. The monoisotopic (exact) mass is 380 g/mol. The van der Waals surface area contributed by atoms with E-state index in [-0.39, 0.29) is 11.7 Å². The van der Waals surface area contributed by atoms with E-state index in [2.05, 4.69) is 20.5 Å². The molecule has 0 aliphatic heterocycles. The lowest BCUT2D eigenvalue weighted by Crippen LogP contribution is -2.20. The van der Waals surface area contributed by atoms with Gasteiger partial charge in [0.15, 0.2) is 5.16 Å². The van der Waals surface area contributed by atoms with Gasteiger partial charge in [-0.25, -0.2) is 15.4 Å². The van der Waals surface area contributed by atoms with Crippen LogP contribution in [0.2, 0.25) is 0 Å². The van der Waals surface area contributed by atoms with E-state index in [9.17, 15) is 4.79 Å². The number of ether oxygens (including phenoxy) is 1. The average molecular weight is 380 g/mol. The fourth-order valence-corrected chi connectivity index (χ4v) is 3.42. The summed E-state index contributed by atoms with van der Waals surface area (Å²) < 4.78 is 5.41. The van der Waals surface area contributed by atoms with Crippen molar-refractivity contribution in [2.24, 2.45) is 5.10 Å². The molecule has 6 nitrogen and oxygen atoms in total. The van der Waals surface area contributed by atoms with E-state index >= 15 is 0 Å². The molecule has 0 fully saturated rings. The predicted octanol–water partition coefficient (Wildman–Crippen LogP) is 3.50. The van der Waals surface area contributed by atoms with Crippen LogP contribution in [0.5, 0.6) is 5.75 Å². The highest BCUT2D eigenvalue weighted by Gasteiger charge is 2.07.